The molecule has 14 atom stereocenters. The third-order valence-corrected chi connectivity index (χ3v) is 17.7. The zero-order chi connectivity index (χ0) is 74.5. The molecule has 8 N–H and O–H groups in total. The van der Waals surface area contributed by atoms with E-state index in [1.807, 2.05) is 48.5 Å². The van der Waals surface area contributed by atoms with Crippen molar-refractivity contribution in [3.63, 3.8) is 0 Å². The highest BCUT2D eigenvalue weighted by Gasteiger charge is 2.44. The lowest BCUT2D eigenvalue weighted by Crippen LogP contribution is -2.63. The summed E-state index contributed by atoms with van der Waals surface area (Å²) in [7, 11) is 6.97. The predicted octanol–water partition coefficient (Wildman–Crippen LogP) is 3.11. The summed E-state index contributed by atoms with van der Waals surface area (Å²) < 4.78 is 6.16. The van der Waals surface area contributed by atoms with Gasteiger partial charge in [0.15, 0.2) is 0 Å². The summed E-state index contributed by atoms with van der Waals surface area (Å²) in [4.78, 5) is 183. The van der Waals surface area contributed by atoms with E-state index >= 15 is 19.2 Å². The Hall–Kier alpha value is -8.00. The third-order valence-electron chi connectivity index (χ3n) is 17.7. The first-order valence-corrected chi connectivity index (χ1v) is 34.4. The molecule has 0 saturated carbocycles. The predicted molar refractivity (Wildman–Crippen MR) is 374 cm³/mol. The van der Waals surface area contributed by atoms with Crippen LogP contribution in [0.1, 0.15) is 155 Å². The fourth-order valence-electron chi connectivity index (χ4n) is 11.6. The van der Waals surface area contributed by atoms with Crippen LogP contribution in [-0.4, -0.2) is 227 Å². The van der Waals surface area contributed by atoms with Crippen molar-refractivity contribution in [3.8, 4) is 0 Å². The van der Waals surface area contributed by atoms with E-state index in [1.54, 1.807) is 102 Å². The SMILES string of the molecule is CC[C@H](C)[C@H]1C(=O)N[C@@H](C)C(=O)N(C)C(CC(C)C)C(=O)NC([C@@H](C)O)C(=O)N[C@@H](Cc2ccccc2)C(=O)N(C)[C@@H](Cc2ccccc2)C(=O)N(C)[C@@H](CC(C)C)C(=O)N[C@@H](COC(C)(C)C)C(=O)N(C)[C@@H](CC(C)C)C(=O)N[C@@H](C)C(=O)N[C@@H](C)C(=O)N[C@H](C(C)C)C(=O)N1C. The molecule has 0 aliphatic carbocycles. The molecular weight excluding hydrogens is 1260 g/mol. The van der Waals surface area contributed by atoms with Crippen molar-refractivity contribution >= 4 is 70.9 Å². The van der Waals surface area contributed by atoms with Crippen molar-refractivity contribution in [3.05, 3.63) is 71.8 Å². The third kappa shape index (κ3) is 24.8. The van der Waals surface area contributed by atoms with Crippen LogP contribution < -0.4 is 37.2 Å². The molecule has 1 aliphatic heterocycles. The minimum Gasteiger partial charge on any atom is -0.391 e. The van der Waals surface area contributed by atoms with Gasteiger partial charge in [-0.1, -0.05) is 136 Å². The van der Waals surface area contributed by atoms with Crippen LogP contribution in [0.25, 0.3) is 0 Å². The van der Waals surface area contributed by atoms with Crippen LogP contribution >= 0.6 is 0 Å². The van der Waals surface area contributed by atoms with Crippen molar-refractivity contribution in [2.24, 2.45) is 29.6 Å². The van der Waals surface area contributed by atoms with Gasteiger partial charge in [0.1, 0.15) is 72.5 Å². The van der Waals surface area contributed by atoms with E-state index < -0.39 is 167 Å². The molecule has 2 unspecified atom stereocenters. The number of hydrogen-bond donors (Lipinski definition) is 8. The van der Waals surface area contributed by atoms with Gasteiger partial charge in [0, 0.05) is 48.1 Å². The van der Waals surface area contributed by atoms with Gasteiger partial charge < -0.3 is 71.6 Å². The number of likely N-dealkylation sites (N-methyl/N-ethyl adjacent to an activating group) is 5. The summed E-state index contributed by atoms with van der Waals surface area (Å²) in [5.41, 5.74) is 0.371. The van der Waals surface area contributed by atoms with Crippen LogP contribution in [0, 0.1) is 29.6 Å². The van der Waals surface area contributed by atoms with Crippen molar-refractivity contribution < 1.29 is 67.4 Å². The minimum absolute atomic E-state index is 0.0429. The Balaban J connectivity index is 2.37. The van der Waals surface area contributed by atoms with Gasteiger partial charge >= 0.3 is 0 Å². The number of nitrogens with one attached hydrogen (secondary N) is 7. The molecule has 1 saturated heterocycles. The van der Waals surface area contributed by atoms with Gasteiger partial charge in [-0.05, 0) is 108 Å². The summed E-state index contributed by atoms with van der Waals surface area (Å²) in [5.74, 6) is -10.9. The summed E-state index contributed by atoms with van der Waals surface area (Å²) >= 11 is 0. The van der Waals surface area contributed by atoms with Gasteiger partial charge in [-0.2, -0.15) is 0 Å². The highest BCUT2D eigenvalue weighted by atomic mass is 16.5. The van der Waals surface area contributed by atoms with Crippen LogP contribution in [0.2, 0.25) is 0 Å². The molecule has 1 fully saturated rings. The number of amides is 12. The first kappa shape index (κ1) is 84.2. The normalized spacial score (nSPS) is 26.4. The Bertz CT molecular complexity index is 3030. The quantitative estimate of drug-likeness (QED) is 0.120. The van der Waals surface area contributed by atoms with Gasteiger partial charge in [0.05, 0.1) is 18.3 Å². The molecule has 2 aromatic rings. The Morgan fingerprint density at radius 3 is 1.24 bits per heavy atom. The molecule has 0 radical (unpaired) electrons. The molecule has 0 bridgehead atoms. The zero-order valence-electron chi connectivity index (χ0n) is 62.1. The summed E-state index contributed by atoms with van der Waals surface area (Å²) in [6, 6.07) is 1.42. The van der Waals surface area contributed by atoms with Crippen molar-refractivity contribution in [2.45, 2.75) is 240 Å². The van der Waals surface area contributed by atoms with Gasteiger partial charge in [-0.15, -0.1) is 0 Å². The second-order valence-electron chi connectivity index (χ2n) is 29.1. The van der Waals surface area contributed by atoms with Gasteiger partial charge in [0.2, 0.25) is 70.9 Å². The molecule has 98 heavy (non-hydrogen) atoms. The number of carbonyl (C=O) groups is 12. The monoisotopic (exact) mass is 1370 g/mol. The van der Waals surface area contributed by atoms with Crippen molar-refractivity contribution in [2.75, 3.05) is 41.8 Å². The van der Waals surface area contributed by atoms with E-state index in [0.29, 0.717) is 17.5 Å². The first-order valence-electron chi connectivity index (χ1n) is 34.4. The molecule has 12 amide bonds. The molecule has 26 nitrogen and oxygen atoms in total. The molecular formula is C72H116N12O14. The molecule has 0 aromatic heterocycles. The Morgan fingerprint density at radius 2 is 0.796 bits per heavy atom. The lowest BCUT2D eigenvalue weighted by atomic mass is 9.94. The Kier molecular flexibility index (Phi) is 33.0. The average Bonchev–Trinajstić information content (AvgIpc) is 0.820. The standard InChI is InChI=1S/C72H116N12O14/c1-23-44(10)59-66(92)75-47(13)67(93)80(18)55(36-42(6)7)64(90)79-58(48(14)85)65(91)76-51(37-49-30-26-24-27-31-49)68(94)83(21)56(38-50-32-28-25-29-33-50)70(96)82(20)54(35-41(4)5)63(89)77-52(39-98-72(15,16)17)69(95)81(19)53(34-40(2)3)62(88)74-45(11)60(86)73-46(12)61(87)78-57(43(8)9)71(97)84(59)22/h24-33,40-48,51-59,85H,23,34-39H2,1-22H3,(H,73,86)(H,74,88)(H,75,92)(H,76,91)(H,77,89)(H,78,87)(H,79,90)/t44-,45-,46-,47-,48+,51-,52-,53-,54-,55?,56-,57+,58?,59-/m0/s1. The van der Waals surface area contributed by atoms with Crippen LogP contribution in [0.5, 0.6) is 0 Å². The topological polar surface area (TPSA) is 335 Å². The molecule has 3 rings (SSSR count). The maximum Gasteiger partial charge on any atom is 0.247 e. The van der Waals surface area contributed by atoms with Crippen LogP contribution in [0.15, 0.2) is 60.7 Å². The van der Waals surface area contributed by atoms with Gasteiger partial charge in [-0.3, -0.25) is 57.5 Å². The summed E-state index contributed by atoms with van der Waals surface area (Å²) in [6.45, 7) is 28.3. The van der Waals surface area contributed by atoms with Crippen LogP contribution in [0.4, 0.5) is 0 Å². The molecule has 548 valence electrons. The molecule has 2 aromatic carbocycles. The minimum atomic E-state index is -1.73. The number of aliphatic hydroxyl groups is 1. The number of carbonyl (C=O) groups excluding carboxylic acids is 12. The molecule has 26 heteroatoms. The van der Waals surface area contributed by atoms with E-state index in [0.717, 1.165) is 4.90 Å². The van der Waals surface area contributed by atoms with E-state index in [-0.39, 0.29) is 56.5 Å². The van der Waals surface area contributed by atoms with E-state index in [9.17, 15) is 43.5 Å². The average molecular weight is 1370 g/mol. The lowest BCUT2D eigenvalue weighted by molar-refractivity contribution is -0.150. The second kappa shape index (κ2) is 38.4. The van der Waals surface area contributed by atoms with E-state index in [1.165, 1.54) is 82.5 Å². The number of hydrogen-bond acceptors (Lipinski definition) is 14. The maximum atomic E-state index is 15.6. The van der Waals surface area contributed by atoms with Gasteiger partial charge in [0.25, 0.3) is 0 Å². The summed E-state index contributed by atoms with van der Waals surface area (Å²) in [5, 5.41) is 30.4. The van der Waals surface area contributed by atoms with Crippen LogP contribution in [-0.2, 0) is 75.1 Å². The lowest BCUT2D eigenvalue weighted by Gasteiger charge is -2.38. The summed E-state index contributed by atoms with van der Waals surface area (Å²) in [6.07, 6.45) is -1.24. The largest absolute Gasteiger partial charge is 0.391 e. The molecule has 0 spiro atoms. The number of aliphatic hydroxyl groups excluding tert-OH is 1. The molecule has 1 aliphatic rings. The van der Waals surface area contributed by atoms with E-state index in [4.69, 9.17) is 4.74 Å². The first-order chi connectivity index (χ1) is 45.5. The zero-order valence-corrected chi connectivity index (χ0v) is 62.1. The highest BCUT2D eigenvalue weighted by molar-refractivity contribution is 6.00. The maximum absolute atomic E-state index is 15.6. The van der Waals surface area contributed by atoms with Crippen LogP contribution in [0.3, 0.4) is 0 Å². The van der Waals surface area contributed by atoms with E-state index in [2.05, 4.69) is 37.2 Å². The number of ether oxygens (including phenoxy) is 1. The fraction of sp³-hybridized carbons (Fsp3) is 0.667. The second-order valence-corrected chi connectivity index (χ2v) is 29.1. The Labute approximate surface area is 581 Å². The van der Waals surface area contributed by atoms with Crippen molar-refractivity contribution in [1.29, 1.82) is 0 Å². The van der Waals surface area contributed by atoms with Gasteiger partial charge in [-0.25, -0.2) is 0 Å². The number of benzene rings is 2. The highest BCUT2D eigenvalue weighted by Crippen LogP contribution is 2.23. The Morgan fingerprint density at radius 1 is 0.418 bits per heavy atom. The fourth-order valence-corrected chi connectivity index (χ4v) is 11.6. The van der Waals surface area contributed by atoms with Crippen molar-refractivity contribution in [1.82, 2.24) is 61.7 Å². The smallest absolute Gasteiger partial charge is 0.247 e. The number of nitrogens with zero attached hydrogens (tertiary/aromatic N) is 5. The molecule has 1 heterocycles. The number of rotatable bonds is 16.